The molecule has 0 spiro atoms. The number of nitrogens with one attached hydrogen (secondary N) is 1. The molecule has 2 saturated carbocycles. The highest BCUT2D eigenvalue weighted by atomic mass is 16.5. The van der Waals surface area contributed by atoms with Crippen LogP contribution in [0.2, 0.25) is 0 Å². The molecule has 2 aliphatic carbocycles. The van der Waals surface area contributed by atoms with Crippen molar-refractivity contribution in [2.75, 3.05) is 18.2 Å². The van der Waals surface area contributed by atoms with E-state index in [1.807, 2.05) is 18.2 Å². The van der Waals surface area contributed by atoms with Gasteiger partial charge in [0.2, 0.25) is 0 Å². The summed E-state index contributed by atoms with van der Waals surface area (Å²) in [5.74, 6) is 2.66. The van der Waals surface area contributed by atoms with Crippen LogP contribution in [-0.4, -0.2) is 13.2 Å². The number of hydrogen-bond acceptors (Lipinski definition) is 3. The van der Waals surface area contributed by atoms with Gasteiger partial charge in [0.25, 0.3) is 0 Å². The molecule has 2 fully saturated rings. The molecule has 17 heavy (non-hydrogen) atoms. The standard InChI is InChI=1S/C14H20N2O/c1-17-13-7-11(15)6-12(8-13)16-14-5-9-2-3-10(14)4-9/h6-10,14,16H,2-5,15H2,1H3. The minimum atomic E-state index is 0.639. The summed E-state index contributed by atoms with van der Waals surface area (Å²) < 4.78 is 5.24. The summed E-state index contributed by atoms with van der Waals surface area (Å²) in [6, 6.07) is 6.52. The maximum absolute atomic E-state index is 5.87. The molecule has 0 aromatic heterocycles. The number of benzene rings is 1. The molecule has 92 valence electrons. The van der Waals surface area contributed by atoms with E-state index < -0.39 is 0 Å². The van der Waals surface area contributed by atoms with E-state index in [1.165, 1.54) is 25.7 Å². The van der Waals surface area contributed by atoms with Gasteiger partial charge < -0.3 is 15.8 Å². The molecule has 0 radical (unpaired) electrons. The SMILES string of the molecule is COc1cc(N)cc(NC2CC3CCC2C3)c1. The minimum absolute atomic E-state index is 0.639. The van der Waals surface area contributed by atoms with Gasteiger partial charge in [0.1, 0.15) is 5.75 Å². The molecule has 1 aromatic carbocycles. The van der Waals surface area contributed by atoms with Gasteiger partial charge >= 0.3 is 0 Å². The molecular weight excluding hydrogens is 212 g/mol. The van der Waals surface area contributed by atoms with Gasteiger partial charge in [-0.2, -0.15) is 0 Å². The zero-order valence-corrected chi connectivity index (χ0v) is 10.3. The van der Waals surface area contributed by atoms with Gasteiger partial charge in [-0.05, 0) is 37.2 Å². The van der Waals surface area contributed by atoms with Gasteiger partial charge in [-0.25, -0.2) is 0 Å². The van der Waals surface area contributed by atoms with Crippen molar-refractivity contribution >= 4 is 11.4 Å². The molecule has 3 atom stereocenters. The lowest BCUT2D eigenvalue weighted by molar-refractivity contribution is 0.414. The molecule has 0 saturated heterocycles. The molecule has 2 aliphatic rings. The zero-order chi connectivity index (χ0) is 11.8. The third-order valence-electron chi connectivity index (χ3n) is 4.25. The van der Waals surface area contributed by atoms with Gasteiger partial charge in [0.05, 0.1) is 7.11 Å². The molecule has 0 heterocycles. The summed E-state index contributed by atoms with van der Waals surface area (Å²) >= 11 is 0. The average Bonchev–Trinajstić information content (AvgIpc) is 2.90. The van der Waals surface area contributed by atoms with Crippen molar-refractivity contribution in [1.29, 1.82) is 0 Å². The Morgan fingerprint density at radius 3 is 2.76 bits per heavy atom. The van der Waals surface area contributed by atoms with Crippen molar-refractivity contribution in [3.8, 4) is 5.75 Å². The maximum Gasteiger partial charge on any atom is 0.122 e. The lowest BCUT2D eigenvalue weighted by Crippen LogP contribution is -2.25. The van der Waals surface area contributed by atoms with Gasteiger partial charge in [-0.3, -0.25) is 0 Å². The highest BCUT2D eigenvalue weighted by Gasteiger charge is 2.39. The summed E-state index contributed by atoms with van der Waals surface area (Å²) in [7, 11) is 1.68. The Labute approximate surface area is 102 Å². The fraction of sp³-hybridized carbons (Fsp3) is 0.571. The van der Waals surface area contributed by atoms with Crippen molar-refractivity contribution < 1.29 is 4.74 Å². The second-order valence-electron chi connectivity index (χ2n) is 5.42. The summed E-state index contributed by atoms with van der Waals surface area (Å²) in [5.41, 5.74) is 7.72. The van der Waals surface area contributed by atoms with E-state index in [0.717, 1.165) is 29.0 Å². The van der Waals surface area contributed by atoms with Gasteiger partial charge in [-0.1, -0.05) is 6.42 Å². The molecule has 0 amide bonds. The summed E-state index contributed by atoms with van der Waals surface area (Å²) in [4.78, 5) is 0. The Bertz CT molecular complexity index is 419. The number of rotatable bonds is 3. The first kappa shape index (κ1) is 10.8. The van der Waals surface area contributed by atoms with E-state index in [9.17, 15) is 0 Å². The van der Waals surface area contributed by atoms with Crippen LogP contribution in [0.1, 0.15) is 25.7 Å². The quantitative estimate of drug-likeness (QED) is 0.788. The fourth-order valence-corrected chi connectivity index (χ4v) is 3.46. The number of hydrogen-bond donors (Lipinski definition) is 2. The molecule has 3 N–H and O–H groups in total. The predicted octanol–water partition coefficient (Wildman–Crippen LogP) is 2.88. The lowest BCUT2D eigenvalue weighted by Gasteiger charge is -2.24. The van der Waals surface area contributed by atoms with Gasteiger partial charge in [0, 0.05) is 29.5 Å². The summed E-state index contributed by atoms with van der Waals surface area (Å²) in [6.07, 6.45) is 5.56. The fourth-order valence-electron chi connectivity index (χ4n) is 3.46. The van der Waals surface area contributed by atoms with Crippen LogP contribution < -0.4 is 15.8 Å². The largest absolute Gasteiger partial charge is 0.497 e. The number of nitrogen functional groups attached to an aromatic ring is 1. The van der Waals surface area contributed by atoms with Crippen molar-refractivity contribution in [2.45, 2.75) is 31.7 Å². The third kappa shape index (κ3) is 2.06. The number of ether oxygens (including phenoxy) is 1. The van der Waals surface area contributed by atoms with Gasteiger partial charge in [-0.15, -0.1) is 0 Å². The second kappa shape index (κ2) is 4.13. The van der Waals surface area contributed by atoms with Crippen LogP contribution in [0.4, 0.5) is 11.4 Å². The normalized spacial score (nSPS) is 30.5. The molecule has 3 rings (SSSR count). The molecular formula is C14H20N2O. The van der Waals surface area contributed by atoms with E-state index >= 15 is 0 Å². The number of methoxy groups -OCH3 is 1. The van der Waals surface area contributed by atoms with Crippen LogP contribution in [0, 0.1) is 11.8 Å². The van der Waals surface area contributed by atoms with E-state index in [4.69, 9.17) is 10.5 Å². The van der Waals surface area contributed by atoms with Gasteiger partial charge in [0.15, 0.2) is 0 Å². The molecule has 3 nitrogen and oxygen atoms in total. The first-order valence-corrected chi connectivity index (χ1v) is 6.45. The number of anilines is 2. The molecule has 1 aromatic rings. The minimum Gasteiger partial charge on any atom is -0.497 e. The first-order chi connectivity index (χ1) is 8.24. The van der Waals surface area contributed by atoms with Crippen molar-refractivity contribution in [3.63, 3.8) is 0 Å². The van der Waals surface area contributed by atoms with E-state index in [-0.39, 0.29) is 0 Å². The molecule has 2 bridgehead atoms. The van der Waals surface area contributed by atoms with Crippen LogP contribution in [0.15, 0.2) is 18.2 Å². The highest BCUT2D eigenvalue weighted by Crippen LogP contribution is 2.45. The summed E-state index contributed by atoms with van der Waals surface area (Å²) in [6.45, 7) is 0. The summed E-state index contributed by atoms with van der Waals surface area (Å²) in [5, 5.41) is 3.63. The maximum atomic E-state index is 5.87. The van der Waals surface area contributed by atoms with E-state index in [2.05, 4.69) is 5.32 Å². The Morgan fingerprint density at radius 2 is 2.12 bits per heavy atom. The Balaban J connectivity index is 1.74. The van der Waals surface area contributed by atoms with E-state index in [1.54, 1.807) is 7.11 Å². The van der Waals surface area contributed by atoms with Crippen LogP contribution in [0.5, 0.6) is 5.75 Å². The monoisotopic (exact) mass is 232 g/mol. The van der Waals surface area contributed by atoms with Crippen molar-refractivity contribution in [3.05, 3.63) is 18.2 Å². The highest BCUT2D eigenvalue weighted by molar-refractivity contribution is 5.59. The predicted molar refractivity (Wildman–Crippen MR) is 70.3 cm³/mol. The van der Waals surface area contributed by atoms with Crippen molar-refractivity contribution in [1.82, 2.24) is 0 Å². The second-order valence-corrected chi connectivity index (χ2v) is 5.42. The van der Waals surface area contributed by atoms with Crippen molar-refractivity contribution in [2.24, 2.45) is 11.8 Å². The average molecular weight is 232 g/mol. The smallest absolute Gasteiger partial charge is 0.122 e. The van der Waals surface area contributed by atoms with Crippen LogP contribution in [0.25, 0.3) is 0 Å². The lowest BCUT2D eigenvalue weighted by atomic mass is 9.95. The zero-order valence-electron chi connectivity index (χ0n) is 10.3. The van der Waals surface area contributed by atoms with Crippen LogP contribution in [0.3, 0.4) is 0 Å². The van der Waals surface area contributed by atoms with E-state index in [0.29, 0.717) is 6.04 Å². The van der Waals surface area contributed by atoms with Crippen LogP contribution >= 0.6 is 0 Å². The Morgan fingerprint density at radius 1 is 1.24 bits per heavy atom. The topological polar surface area (TPSA) is 47.3 Å². The number of nitrogens with two attached hydrogens (primary N) is 1. The third-order valence-corrected chi connectivity index (χ3v) is 4.25. The Kier molecular flexibility index (Phi) is 2.61. The molecule has 3 heteroatoms. The molecule has 3 unspecified atom stereocenters. The number of fused-ring (bicyclic) bond motifs is 2. The molecule has 0 aliphatic heterocycles. The first-order valence-electron chi connectivity index (χ1n) is 6.45. The van der Waals surface area contributed by atoms with Crippen LogP contribution in [-0.2, 0) is 0 Å². The Hall–Kier alpha value is -1.38.